The molecule has 2 saturated heterocycles. The van der Waals surface area contributed by atoms with Crippen molar-refractivity contribution in [2.75, 3.05) is 26.2 Å². The van der Waals surface area contributed by atoms with Crippen LogP contribution in [0.4, 0.5) is 4.79 Å². The van der Waals surface area contributed by atoms with Crippen LogP contribution in [0.3, 0.4) is 0 Å². The van der Waals surface area contributed by atoms with Crippen LogP contribution in [-0.4, -0.2) is 47.9 Å². The summed E-state index contributed by atoms with van der Waals surface area (Å²) >= 11 is 0. The average Bonchev–Trinajstić information content (AvgIpc) is 2.80. The molecule has 3 rings (SSSR count). The molecule has 0 radical (unpaired) electrons. The minimum atomic E-state index is -0.279. The van der Waals surface area contributed by atoms with Crippen molar-refractivity contribution in [2.45, 2.75) is 24.9 Å². The highest BCUT2D eigenvalue weighted by Crippen LogP contribution is 2.29. The summed E-state index contributed by atoms with van der Waals surface area (Å²) in [6.45, 7) is 3.52. The molecular weight excluding hydrogens is 256 g/mol. The number of nitrogens with one attached hydrogen (secondary N) is 1. The van der Waals surface area contributed by atoms with Crippen molar-refractivity contribution in [3.63, 3.8) is 0 Å². The van der Waals surface area contributed by atoms with Crippen molar-refractivity contribution < 1.29 is 14.6 Å². The number of amides is 1. The van der Waals surface area contributed by atoms with E-state index in [2.05, 4.69) is 10.2 Å². The topological polar surface area (TPSA) is 61.8 Å². The number of alkyl carbamates (subject to hydrolysis) is 1. The lowest BCUT2D eigenvalue weighted by atomic mass is 9.91. The van der Waals surface area contributed by atoms with Gasteiger partial charge in [-0.2, -0.15) is 0 Å². The molecule has 0 atom stereocenters. The second-order valence-electron chi connectivity index (χ2n) is 5.69. The van der Waals surface area contributed by atoms with E-state index in [0.717, 1.165) is 44.5 Å². The Kier molecular flexibility index (Phi) is 3.53. The van der Waals surface area contributed by atoms with Crippen molar-refractivity contribution in [2.24, 2.45) is 0 Å². The summed E-state index contributed by atoms with van der Waals surface area (Å²) in [7, 11) is 0. The van der Waals surface area contributed by atoms with Gasteiger partial charge in [0.25, 0.3) is 0 Å². The standard InChI is InChI=1S/C15H20N2O3/c18-13-3-1-2-12(10-13)4-7-17-8-5-15(6-9-17)11-16-14(19)20-15/h1-3,10,18H,4-9,11H2,(H,16,19). The molecule has 2 aliphatic heterocycles. The molecule has 5 nitrogen and oxygen atoms in total. The van der Waals surface area contributed by atoms with E-state index in [0.29, 0.717) is 12.3 Å². The summed E-state index contributed by atoms with van der Waals surface area (Å²) in [5, 5.41) is 12.2. The molecule has 0 saturated carbocycles. The molecule has 0 aliphatic carbocycles. The van der Waals surface area contributed by atoms with Crippen molar-refractivity contribution in [3.05, 3.63) is 29.8 Å². The number of rotatable bonds is 3. The van der Waals surface area contributed by atoms with E-state index in [4.69, 9.17) is 4.74 Å². The maximum Gasteiger partial charge on any atom is 0.407 e. The van der Waals surface area contributed by atoms with Gasteiger partial charge in [0.2, 0.25) is 0 Å². The Labute approximate surface area is 118 Å². The highest BCUT2D eigenvalue weighted by Gasteiger charge is 2.42. The smallest absolute Gasteiger partial charge is 0.407 e. The maximum absolute atomic E-state index is 11.2. The van der Waals surface area contributed by atoms with Crippen LogP contribution in [-0.2, 0) is 11.2 Å². The number of likely N-dealkylation sites (tertiary alicyclic amines) is 1. The Morgan fingerprint density at radius 1 is 1.35 bits per heavy atom. The molecule has 0 unspecified atom stereocenters. The summed E-state index contributed by atoms with van der Waals surface area (Å²) in [6.07, 6.45) is 2.44. The van der Waals surface area contributed by atoms with Gasteiger partial charge in [0.1, 0.15) is 11.4 Å². The Bertz CT molecular complexity index is 496. The maximum atomic E-state index is 11.2. The van der Waals surface area contributed by atoms with Gasteiger partial charge < -0.3 is 20.1 Å². The Balaban J connectivity index is 1.48. The van der Waals surface area contributed by atoms with Gasteiger partial charge in [-0.15, -0.1) is 0 Å². The quantitative estimate of drug-likeness (QED) is 0.878. The van der Waals surface area contributed by atoms with Crippen LogP contribution in [0.5, 0.6) is 5.75 Å². The highest BCUT2D eigenvalue weighted by molar-refractivity contribution is 5.70. The fourth-order valence-corrected chi connectivity index (χ4v) is 2.96. The lowest BCUT2D eigenvalue weighted by molar-refractivity contribution is 0.00123. The number of ether oxygens (including phenoxy) is 1. The predicted octanol–water partition coefficient (Wildman–Crippen LogP) is 1.51. The number of hydrogen-bond acceptors (Lipinski definition) is 4. The fraction of sp³-hybridized carbons (Fsp3) is 0.533. The van der Waals surface area contributed by atoms with Crippen molar-refractivity contribution >= 4 is 6.09 Å². The van der Waals surface area contributed by atoms with Gasteiger partial charge in [-0.1, -0.05) is 12.1 Å². The van der Waals surface area contributed by atoms with Gasteiger partial charge in [0.05, 0.1) is 6.54 Å². The molecule has 0 bridgehead atoms. The number of piperidine rings is 1. The summed E-state index contributed by atoms with van der Waals surface area (Å²) < 4.78 is 5.41. The number of phenols is 1. The number of phenolic OH excluding ortho intramolecular Hbond substituents is 1. The van der Waals surface area contributed by atoms with E-state index in [1.807, 2.05) is 18.2 Å². The van der Waals surface area contributed by atoms with Gasteiger partial charge >= 0.3 is 6.09 Å². The molecule has 2 aliphatic rings. The number of hydrogen-bond donors (Lipinski definition) is 2. The average molecular weight is 276 g/mol. The molecule has 108 valence electrons. The Hall–Kier alpha value is -1.75. The minimum absolute atomic E-state index is 0.265. The highest BCUT2D eigenvalue weighted by atomic mass is 16.6. The van der Waals surface area contributed by atoms with Gasteiger partial charge in [-0.05, 0) is 24.1 Å². The first-order valence-corrected chi connectivity index (χ1v) is 7.12. The van der Waals surface area contributed by atoms with Crippen LogP contribution in [0.2, 0.25) is 0 Å². The zero-order chi connectivity index (χ0) is 14.0. The van der Waals surface area contributed by atoms with E-state index >= 15 is 0 Å². The molecule has 5 heteroatoms. The van der Waals surface area contributed by atoms with Crippen LogP contribution in [0.15, 0.2) is 24.3 Å². The lowest BCUT2D eigenvalue weighted by Gasteiger charge is -2.37. The number of benzene rings is 1. The Morgan fingerprint density at radius 3 is 2.80 bits per heavy atom. The number of nitrogens with zero attached hydrogens (tertiary/aromatic N) is 1. The molecule has 0 aromatic heterocycles. The summed E-state index contributed by atoms with van der Waals surface area (Å²) in [4.78, 5) is 13.6. The summed E-state index contributed by atoms with van der Waals surface area (Å²) in [5.74, 6) is 0.323. The van der Waals surface area contributed by atoms with Crippen LogP contribution in [0.1, 0.15) is 18.4 Å². The first-order chi connectivity index (χ1) is 9.65. The Morgan fingerprint density at radius 2 is 2.15 bits per heavy atom. The van der Waals surface area contributed by atoms with Gasteiger partial charge in [0.15, 0.2) is 0 Å². The summed E-state index contributed by atoms with van der Waals surface area (Å²) in [5.41, 5.74) is 0.887. The van der Waals surface area contributed by atoms with Gasteiger partial charge in [-0.25, -0.2) is 4.79 Å². The van der Waals surface area contributed by atoms with Crippen LogP contribution in [0.25, 0.3) is 0 Å². The second kappa shape index (κ2) is 5.32. The third-order valence-electron chi connectivity index (χ3n) is 4.26. The third kappa shape index (κ3) is 2.88. The van der Waals surface area contributed by atoms with E-state index in [1.54, 1.807) is 6.07 Å². The zero-order valence-electron chi connectivity index (χ0n) is 11.5. The first-order valence-electron chi connectivity index (χ1n) is 7.12. The van der Waals surface area contributed by atoms with E-state index < -0.39 is 0 Å². The number of aromatic hydroxyl groups is 1. The molecular formula is C15H20N2O3. The first kappa shape index (κ1) is 13.2. The number of carbonyl (C=O) groups is 1. The molecule has 1 aromatic carbocycles. The van der Waals surface area contributed by atoms with Gasteiger partial charge in [0, 0.05) is 32.5 Å². The fourth-order valence-electron chi connectivity index (χ4n) is 2.96. The third-order valence-corrected chi connectivity index (χ3v) is 4.26. The predicted molar refractivity (Wildman–Crippen MR) is 74.7 cm³/mol. The van der Waals surface area contributed by atoms with Gasteiger partial charge in [-0.3, -0.25) is 0 Å². The lowest BCUT2D eigenvalue weighted by Crippen LogP contribution is -2.47. The minimum Gasteiger partial charge on any atom is -0.508 e. The molecule has 1 amide bonds. The zero-order valence-corrected chi connectivity index (χ0v) is 11.5. The van der Waals surface area contributed by atoms with Crippen LogP contribution < -0.4 is 5.32 Å². The normalized spacial score (nSPS) is 21.7. The number of carbonyl (C=O) groups excluding carboxylic acids is 1. The van der Waals surface area contributed by atoms with Crippen LogP contribution >= 0.6 is 0 Å². The molecule has 20 heavy (non-hydrogen) atoms. The monoisotopic (exact) mass is 276 g/mol. The molecule has 1 spiro atoms. The molecule has 1 aromatic rings. The van der Waals surface area contributed by atoms with Crippen molar-refractivity contribution in [1.29, 1.82) is 0 Å². The van der Waals surface area contributed by atoms with E-state index in [-0.39, 0.29) is 11.7 Å². The molecule has 2 N–H and O–H groups in total. The largest absolute Gasteiger partial charge is 0.508 e. The van der Waals surface area contributed by atoms with E-state index in [9.17, 15) is 9.90 Å². The molecule has 2 heterocycles. The SMILES string of the molecule is O=C1NCC2(CCN(CCc3cccc(O)c3)CC2)O1. The van der Waals surface area contributed by atoms with Crippen LogP contribution in [0, 0.1) is 0 Å². The second-order valence-corrected chi connectivity index (χ2v) is 5.69. The molecule has 2 fully saturated rings. The van der Waals surface area contributed by atoms with Crippen molar-refractivity contribution in [3.8, 4) is 5.75 Å². The summed E-state index contributed by atoms with van der Waals surface area (Å²) in [6, 6.07) is 7.41. The van der Waals surface area contributed by atoms with E-state index in [1.165, 1.54) is 0 Å². The van der Waals surface area contributed by atoms with Crippen molar-refractivity contribution in [1.82, 2.24) is 10.2 Å².